The van der Waals surface area contributed by atoms with E-state index in [2.05, 4.69) is 20.5 Å². The fourth-order valence-corrected chi connectivity index (χ4v) is 4.34. The van der Waals surface area contributed by atoms with Crippen molar-refractivity contribution in [2.75, 3.05) is 5.32 Å². The zero-order chi connectivity index (χ0) is 30.0. The van der Waals surface area contributed by atoms with Gasteiger partial charge in [-0.3, -0.25) is 9.36 Å². The molecule has 0 aliphatic heterocycles. The molecule has 5 rings (SSSR count). The zero-order valence-corrected chi connectivity index (χ0v) is 22.8. The molecule has 1 atom stereocenters. The van der Waals surface area contributed by atoms with Crippen molar-refractivity contribution in [3.05, 3.63) is 111 Å². The van der Waals surface area contributed by atoms with Gasteiger partial charge < -0.3 is 10.4 Å². The molecule has 0 aliphatic rings. The van der Waals surface area contributed by atoms with Gasteiger partial charge >= 0.3 is 11.9 Å². The number of para-hydroxylation sites is 2. The van der Waals surface area contributed by atoms with E-state index < -0.39 is 30.4 Å². The molecule has 10 nitrogen and oxygen atoms in total. The highest BCUT2D eigenvalue weighted by Crippen LogP contribution is 2.25. The first-order chi connectivity index (χ1) is 20.0. The minimum absolute atomic E-state index is 0.0853. The maximum absolute atomic E-state index is 13.2. The highest BCUT2D eigenvalue weighted by Gasteiger charge is 2.39. The van der Waals surface area contributed by atoms with Crippen molar-refractivity contribution in [3.8, 4) is 17.1 Å². The molecular weight excluding hydrogens is 598 g/mol. The van der Waals surface area contributed by atoms with Crippen LogP contribution in [0.2, 0.25) is 10.0 Å². The number of aromatic nitrogens is 6. The molecule has 42 heavy (non-hydrogen) atoms. The largest absolute Gasteiger partial charge is 0.416 e. The van der Waals surface area contributed by atoms with Crippen LogP contribution < -0.4 is 11.0 Å². The minimum atomic E-state index is -4.95. The molecule has 2 N–H and O–H groups in total. The van der Waals surface area contributed by atoms with E-state index in [4.69, 9.17) is 23.2 Å². The van der Waals surface area contributed by atoms with Crippen LogP contribution in [-0.2, 0) is 13.1 Å². The number of nitrogens with one attached hydrogen (secondary N) is 1. The average Bonchev–Trinajstić information content (AvgIpc) is 3.55. The number of hydrogen-bond donors (Lipinski definition) is 2. The first kappa shape index (κ1) is 29.0. The van der Waals surface area contributed by atoms with E-state index in [1.54, 1.807) is 48.5 Å². The summed E-state index contributed by atoms with van der Waals surface area (Å²) in [6.07, 6.45) is -6.43. The summed E-state index contributed by atoms with van der Waals surface area (Å²) in [5.74, 6) is -0.482. The van der Waals surface area contributed by atoms with Gasteiger partial charge in [-0.25, -0.2) is 19.1 Å². The van der Waals surface area contributed by atoms with E-state index in [1.165, 1.54) is 35.3 Å². The number of aliphatic hydroxyl groups is 1. The second kappa shape index (κ2) is 11.8. The molecule has 0 spiro atoms. The fraction of sp³-hybridized carbons (Fsp3) is 0.148. The molecule has 1 amide bonds. The van der Waals surface area contributed by atoms with E-state index in [-0.39, 0.29) is 23.8 Å². The first-order valence-electron chi connectivity index (χ1n) is 12.3. The van der Waals surface area contributed by atoms with Gasteiger partial charge in [0.1, 0.15) is 12.9 Å². The van der Waals surface area contributed by atoms with E-state index in [1.807, 2.05) is 0 Å². The number of nitrogens with zero attached hydrogens (tertiary/aromatic N) is 6. The lowest BCUT2D eigenvalue weighted by Crippen LogP contribution is -2.37. The summed E-state index contributed by atoms with van der Waals surface area (Å²) in [4.78, 5) is 30.4. The van der Waals surface area contributed by atoms with Gasteiger partial charge in [0.15, 0.2) is 17.8 Å². The maximum Gasteiger partial charge on any atom is 0.416 e. The third-order valence-corrected chi connectivity index (χ3v) is 6.69. The van der Waals surface area contributed by atoms with Gasteiger partial charge in [0.05, 0.1) is 28.5 Å². The van der Waals surface area contributed by atoms with Crippen molar-refractivity contribution < 1.29 is 23.1 Å². The Morgan fingerprint density at radius 2 is 1.67 bits per heavy atom. The molecule has 5 aromatic rings. The summed E-state index contributed by atoms with van der Waals surface area (Å²) in [5.41, 5.74) is 0.427. The highest BCUT2D eigenvalue weighted by atomic mass is 35.5. The Bertz CT molecular complexity index is 1800. The number of carbonyl (C=O) groups is 1. The van der Waals surface area contributed by atoms with Crippen LogP contribution in [0.3, 0.4) is 0 Å². The Kier molecular flexibility index (Phi) is 8.16. The van der Waals surface area contributed by atoms with Crippen LogP contribution in [0.1, 0.15) is 16.2 Å². The highest BCUT2D eigenvalue weighted by molar-refractivity contribution is 6.34. The molecule has 0 unspecified atom stereocenters. The van der Waals surface area contributed by atoms with Crippen molar-refractivity contribution in [2.45, 2.75) is 25.4 Å². The summed E-state index contributed by atoms with van der Waals surface area (Å²) in [5, 5.41) is 21.7. The predicted octanol–water partition coefficient (Wildman–Crippen LogP) is 4.82. The van der Waals surface area contributed by atoms with E-state index in [0.717, 1.165) is 9.25 Å². The minimum Gasteiger partial charge on any atom is -0.382 e. The van der Waals surface area contributed by atoms with Gasteiger partial charge in [-0.05, 0) is 48.5 Å². The number of anilines is 1. The van der Waals surface area contributed by atoms with E-state index in [0.29, 0.717) is 27.0 Å². The van der Waals surface area contributed by atoms with Gasteiger partial charge in [0.2, 0.25) is 0 Å². The lowest BCUT2D eigenvalue weighted by atomic mass is 10.1. The number of rotatable bonds is 8. The molecule has 0 radical (unpaired) electrons. The van der Waals surface area contributed by atoms with Crippen molar-refractivity contribution in [3.63, 3.8) is 0 Å². The van der Waals surface area contributed by atoms with Gasteiger partial charge in [-0.1, -0.05) is 47.5 Å². The summed E-state index contributed by atoms with van der Waals surface area (Å²) in [7, 11) is 0. The SMILES string of the molecule is O=C(Nc1ccccc1Cl)c1ccccc1-n1cnc(Cn2nc(-c3ccc(Cl)cc3)n(C[C@H](O)C(F)(F)F)c2=O)n1. The number of alkyl halides is 3. The van der Waals surface area contributed by atoms with Crippen molar-refractivity contribution in [2.24, 2.45) is 0 Å². The molecule has 0 aliphatic carbocycles. The average molecular weight is 618 g/mol. The van der Waals surface area contributed by atoms with Crippen LogP contribution in [0.4, 0.5) is 18.9 Å². The first-order valence-corrected chi connectivity index (χ1v) is 13.0. The summed E-state index contributed by atoms with van der Waals surface area (Å²) in [6.45, 7) is -1.38. The molecule has 15 heteroatoms. The monoisotopic (exact) mass is 617 g/mol. The molecule has 216 valence electrons. The standard InChI is InChI=1S/C27H20Cl2F3N7O3/c28-17-11-9-16(10-12-17)24-36-38(26(42)37(24)13-22(40)27(30,31)32)14-23-33-15-39(35-23)21-8-4-1-5-18(21)25(41)34-20-7-3-2-6-19(20)29/h1-12,15,22,40H,13-14H2,(H,34,41)/t22-/m0/s1. The third kappa shape index (κ3) is 6.22. The van der Waals surface area contributed by atoms with Crippen LogP contribution >= 0.6 is 23.2 Å². The van der Waals surface area contributed by atoms with Gasteiger partial charge in [0, 0.05) is 10.6 Å². The molecule has 0 saturated heterocycles. The van der Waals surface area contributed by atoms with Crippen molar-refractivity contribution >= 4 is 34.8 Å². The van der Waals surface area contributed by atoms with Crippen molar-refractivity contribution in [1.82, 2.24) is 29.1 Å². The maximum atomic E-state index is 13.2. The molecule has 0 bridgehead atoms. The summed E-state index contributed by atoms with van der Waals surface area (Å²) >= 11 is 12.1. The van der Waals surface area contributed by atoms with Gasteiger partial charge in [-0.2, -0.15) is 13.2 Å². The normalized spacial score (nSPS) is 12.3. The Labute approximate surface area is 245 Å². The van der Waals surface area contributed by atoms with Gasteiger partial charge in [-0.15, -0.1) is 10.2 Å². The van der Waals surface area contributed by atoms with E-state index >= 15 is 0 Å². The smallest absolute Gasteiger partial charge is 0.382 e. The zero-order valence-electron chi connectivity index (χ0n) is 21.3. The molecule has 0 saturated carbocycles. The molecular formula is C27H20Cl2F3N7O3. The fourth-order valence-electron chi connectivity index (χ4n) is 4.04. The number of benzene rings is 3. The van der Waals surface area contributed by atoms with Crippen LogP contribution in [0.15, 0.2) is 83.9 Å². The quantitative estimate of drug-likeness (QED) is 0.257. The predicted molar refractivity (Wildman–Crippen MR) is 149 cm³/mol. The summed E-state index contributed by atoms with van der Waals surface area (Å²) in [6, 6.07) is 19.3. The Balaban J connectivity index is 1.45. The molecule has 0 fully saturated rings. The van der Waals surface area contributed by atoms with Crippen LogP contribution in [-0.4, -0.2) is 52.4 Å². The summed E-state index contributed by atoms with van der Waals surface area (Å²) < 4.78 is 42.4. The van der Waals surface area contributed by atoms with Gasteiger partial charge in [0.25, 0.3) is 5.91 Å². The lowest BCUT2D eigenvalue weighted by Gasteiger charge is -2.15. The molecule has 2 aromatic heterocycles. The van der Waals surface area contributed by atoms with Crippen LogP contribution in [0, 0.1) is 0 Å². The van der Waals surface area contributed by atoms with Crippen molar-refractivity contribution in [1.29, 1.82) is 0 Å². The Hall–Kier alpha value is -4.46. The number of aliphatic hydroxyl groups excluding tert-OH is 1. The topological polar surface area (TPSA) is 120 Å². The second-order valence-electron chi connectivity index (χ2n) is 9.00. The lowest BCUT2D eigenvalue weighted by molar-refractivity contribution is -0.207. The van der Waals surface area contributed by atoms with E-state index in [9.17, 15) is 27.9 Å². The Morgan fingerprint density at radius 3 is 2.38 bits per heavy atom. The Morgan fingerprint density at radius 1 is 0.976 bits per heavy atom. The second-order valence-corrected chi connectivity index (χ2v) is 9.84. The third-order valence-electron chi connectivity index (χ3n) is 6.11. The number of amides is 1. The number of hydrogen-bond acceptors (Lipinski definition) is 6. The molecule has 2 heterocycles. The number of halogens is 5. The molecule has 3 aromatic carbocycles. The van der Waals surface area contributed by atoms with Crippen LogP contribution in [0.5, 0.6) is 0 Å². The van der Waals surface area contributed by atoms with Crippen LogP contribution in [0.25, 0.3) is 17.1 Å². The number of carbonyl (C=O) groups excluding carboxylic acids is 1.